The topological polar surface area (TPSA) is 82.5 Å². The Morgan fingerprint density at radius 3 is 2.42 bits per heavy atom. The number of halogens is 2. The zero-order chi connectivity index (χ0) is 21.4. The number of fused-ring (bicyclic) bond motifs is 1. The van der Waals surface area contributed by atoms with E-state index in [0.717, 1.165) is 11.3 Å². The monoisotopic (exact) mass is 430 g/mol. The number of aromatic nitrogens is 5. The Morgan fingerprint density at radius 2 is 1.71 bits per heavy atom. The molecule has 0 saturated heterocycles. The molecule has 2 N–H and O–H groups in total. The summed E-state index contributed by atoms with van der Waals surface area (Å²) in [5, 5.41) is 0. The molecule has 0 atom stereocenters. The first-order valence-corrected chi connectivity index (χ1v) is 10.0. The second kappa shape index (κ2) is 7.77. The van der Waals surface area contributed by atoms with E-state index in [1.54, 1.807) is 12.3 Å². The molecule has 5 aromatic rings. The standard InChI is InChI=1S/C23H16ClFN6/c24-12-14-3-6-16(7-4-14)31-22(17-2-1-11-27-21(17)26)30-20-10-9-19(29-23(20)31)18-8-5-15(25)13-28-18/h1-11,13H,12H2,(H2,26,27). The Kier molecular flexibility index (Phi) is 4.80. The Labute approximate surface area is 182 Å². The van der Waals surface area contributed by atoms with Crippen LogP contribution >= 0.6 is 11.6 Å². The largest absolute Gasteiger partial charge is 0.383 e. The molecule has 5 rings (SSSR count). The fourth-order valence-electron chi connectivity index (χ4n) is 3.39. The van der Waals surface area contributed by atoms with Gasteiger partial charge in [0.1, 0.15) is 17.2 Å². The van der Waals surface area contributed by atoms with E-state index >= 15 is 0 Å². The zero-order valence-corrected chi connectivity index (χ0v) is 17.0. The first kappa shape index (κ1) is 19.1. The fourth-order valence-corrected chi connectivity index (χ4v) is 3.57. The molecular weight excluding hydrogens is 415 g/mol. The molecule has 0 bridgehead atoms. The van der Waals surface area contributed by atoms with Gasteiger partial charge in [-0.3, -0.25) is 9.55 Å². The number of hydrogen-bond acceptors (Lipinski definition) is 5. The summed E-state index contributed by atoms with van der Waals surface area (Å²) in [6, 6.07) is 18.1. The number of alkyl halides is 1. The number of imidazole rings is 1. The molecule has 0 aliphatic heterocycles. The number of nitrogens with two attached hydrogens (primary N) is 1. The molecule has 0 saturated carbocycles. The van der Waals surface area contributed by atoms with E-state index in [2.05, 4.69) is 9.97 Å². The number of anilines is 1. The summed E-state index contributed by atoms with van der Waals surface area (Å²) < 4.78 is 15.2. The van der Waals surface area contributed by atoms with Gasteiger partial charge in [-0.1, -0.05) is 12.1 Å². The molecule has 0 aliphatic carbocycles. The maximum Gasteiger partial charge on any atom is 0.165 e. The van der Waals surface area contributed by atoms with Crippen molar-refractivity contribution in [2.75, 3.05) is 5.73 Å². The van der Waals surface area contributed by atoms with Gasteiger partial charge in [0.25, 0.3) is 0 Å². The maximum absolute atomic E-state index is 13.3. The number of nitrogen functional groups attached to an aromatic ring is 1. The fraction of sp³-hybridized carbons (Fsp3) is 0.0435. The van der Waals surface area contributed by atoms with Gasteiger partial charge >= 0.3 is 0 Å². The summed E-state index contributed by atoms with van der Waals surface area (Å²) in [5.41, 5.74) is 11.2. The average molecular weight is 431 g/mol. The minimum absolute atomic E-state index is 0.372. The van der Waals surface area contributed by atoms with Gasteiger partial charge in [-0.25, -0.2) is 19.3 Å². The number of pyridine rings is 3. The van der Waals surface area contributed by atoms with Gasteiger partial charge in [-0.2, -0.15) is 0 Å². The molecular formula is C23H16ClFN6. The summed E-state index contributed by atoms with van der Waals surface area (Å²) in [6.45, 7) is 0. The highest BCUT2D eigenvalue weighted by molar-refractivity contribution is 6.17. The van der Waals surface area contributed by atoms with Gasteiger partial charge in [0.2, 0.25) is 0 Å². The summed E-state index contributed by atoms with van der Waals surface area (Å²) in [5.74, 6) is 1.02. The lowest BCUT2D eigenvalue weighted by Crippen LogP contribution is -2.02. The third-order valence-electron chi connectivity index (χ3n) is 4.92. The molecule has 8 heteroatoms. The Balaban J connectivity index is 1.77. The highest BCUT2D eigenvalue weighted by atomic mass is 35.5. The van der Waals surface area contributed by atoms with Crippen LogP contribution in [0.5, 0.6) is 0 Å². The molecule has 1 aromatic carbocycles. The van der Waals surface area contributed by atoms with Crippen LogP contribution in [0.1, 0.15) is 5.56 Å². The molecule has 0 fully saturated rings. The van der Waals surface area contributed by atoms with E-state index in [0.29, 0.717) is 45.6 Å². The summed E-state index contributed by atoms with van der Waals surface area (Å²) >= 11 is 5.96. The van der Waals surface area contributed by atoms with Crippen LogP contribution in [0, 0.1) is 5.82 Å². The third-order valence-corrected chi connectivity index (χ3v) is 5.23. The van der Waals surface area contributed by atoms with E-state index < -0.39 is 5.82 Å². The van der Waals surface area contributed by atoms with Gasteiger partial charge in [-0.15, -0.1) is 11.6 Å². The van der Waals surface area contributed by atoms with Crippen LogP contribution in [-0.2, 0) is 5.88 Å². The van der Waals surface area contributed by atoms with Crippen molar-refractivity contribution in [2.45, 2.75) is 5.88 Å². The van der Waals surface area contributed by atoms with E-state index in [1.165, 1.54) is 12.3 Å². The molecule has 4 heterocycles. The highest BCUT2D eigenvalue weighted by Gasteiger charge is 2.18. The highest BCUT2D eigenvalue weighted by Crippen LogP contribution is 2.31. The second-order valence-corrected chi connectivity index (χ2v) is 7.18. The van der Waals surface area contributed by atoms with Gasteiger partial charge in [-0.05, 0) is 54.1 Å². The van der Waals surface area contributed by atoms with Crippen LogP contribution in [0.15, 0.2) is 73.1 Å². The van der Waals surface area contributed by atoms with Gasteiger partial charge < -0.3 is 5.73 Å². The Hall–Kier alpha value is -3.84. The van der Waals surface area contributed by atoms with Crippen LogP contribution in [-0.4, -0.2) is 24.5 Å². The predicted octanol–water partition coefficient (Wildman–Crippen LogP) is 5.00. The summed E-state index contributed by atoms with van der Waals surface area (Å²) in [4.78, 5) is 17.9. The van der Waals surface area contributed by atoms with Gasteiger partial charge in [0.05, 0.1) is 23.1 Å². The normalized spacial score (nSPS) is 11.2. The Bertz CT molecular complexity index is 1380. The minimum Gasteiger partial charge on any atom is -0.383 e. The Morgan fingerprint density at radius 1 is 0.903 bits per heavy atom. The zero-order valence-electron chi connectivity index (χ0n) is 16.2. The average Bonchev–Trinajstić information content (AvgIpc) is 3.18. The van der Waals surface area contributed by atoms with Crippen LogP contribution in [0.4, 0.5) is 10.2 Å². The molecule has 0 aliphatic rings. The first-order chi connectivity index (χ1) is 15.1. The SMILES string of the molecule is Nc1ncccc1-c1nc2ccc(-c3ccc(F)cn3)nc2n1-c1ccc(CCl)cc1. The molecule has 4 aromatic heterocycles. The molecule has 0 unspecified atom stereocenters. The number of benzene rings is 1. The molecule has 31 heavy (non-hydrogen) atoms. The number of hydrogen-bond donors (Lipinski definition) is 1. The van der Waals surface area contributed by atoms with Crippen LogP contribution in [0.3, 0.4) is 0 Å². The molecule has 152 valence electrons. The molecule has 0 spiro atoms. The van der Waals surface area contributed by atoms with E-state index in [-0.39, 0.29) is 0 Å². The van der Waals surface area contributed by atoms with Gasteiger partial charge in [0.15, 0.2) is 11.5 Å². The number of rotatable bonds is 4. The van der Waals surface area contributed by atoms with Crippen LogP contribution < -0.4 is 5.73 Å². The van der Waals surface area contributed by atoms with Crippen molar-refractivity contribution in [3.63, 3.8) is 0 Å². The van der Waals surface area contributed by atoms with Crippen molar-refractivity contribution in [3.05, 3.63) is 84.4 Å². The van der Waals surface area contributed by atoms with E-state index in [9.17, 15) is 4.39 Å². The lowest BCUT2D eigenvalue weighted by molar-refractivity contribution is 0.622. The van der Waals surface area contributed by atoms with Gasteiger partial charge in [0, 0.05) is 17.8 Å². The lowest BCUT2D eigenvalue weighted by atomic mass is 10.2. The van der Waals surface area contributed by atoms with Crippen LogP contribution in [0.25, 0.3) is 39.6 Å². The smallest absolute Gasteiger partial charge is 0.165 e. The van der Waals surface area contributed by atoms with Crippen LogP contribution in [0.2, 0.25) is 0 Å². The second-order valence-electron chi connectivity index (χ2n) is 6.91. The van der Waals surface area contributed by atoms with Crippen molar-refractivity contribution < 1.29 is 4.39 Å². The summed E-state index contributed by atoms with van der Waals surface area (Å²) in [6.07, 6.45) is 2.81. The molecule has 0 radical (unpaired) electrons. The maximum atomic E-state index is 13.3. The predicted molar refractivity (Wildman–Crippen MR) is 119 cm³/mol. The van der Waals surface area contributed by atoms with Crippen molar-refractivity contribution >= 4 is 28.6 Å². The number of nitrogens with zero attached hydrogens (tertiary/aromatic N) is 5. The van der Waals surface area contributed by atoms with E-state index in [1.807, 2.05) is 53.1 Å². The minimum atomic E-state index is -0.399. The molecule has 0 amide bonds. The first-order valence-electron chi connectivity index (χ1n) is 9.51. The third kappa shape index (κ3) is 3.49. The lowest BCUT2D eigenvalue weighted by Gasteiger charge is -2.11. The van der Waals surface area contributed by atoms with Crippen molar-refractivity contribution in [1.82, 2.24) is 24.5 Å². The van der Waals surface area contributed by atoms with Crippen molar-refractivity contribution in [1.29, 1.82) is 0 Å². The quantitative estimate of drug-likeness (QED) is 0.405. The summed E-state index contributed by atoms with van der Waals surface area (Å²) in [7, 11) is 0. The molecule has 6 nitrogen and oxygen atoms in total. The van der Waals surface area contributed by atoms with Crippen molar-refractivity contribution in [2.24, 2.45) is 0 Å². The van der Waals surface area contributed by atoms with Crippen molar-refractivity contribution in [3.8, 4) is 28.5 Å². The van der Waals surface area contributed by atoms with E-state index in [4.69, 9.17) is 27.3 Å².